The fraction of sp³-hybridized carbons (Fsp3) is 0.889. The lowest BCUT2D eigenvalue weighted by Gasteiger charge is -2.30. The average molecular weight is 170 g/mol. The van der Waals surface area contributed by atoms with Crippen LogP contribution in [0.15, 0.2) is 0 Å². The van der Waals surface area contributed by atoms with Crippen LogP contribution in [0, 0.1) is 0 Å². The van der Waals surface area contributed by atoms with Gasteiger partial charge in [0.2, 0.25) is 0 Å². The van der Waals surface area contributed by atoms with Crippen molar-refractivity contribution in [3.63, 3.8) is 0 Å². The molecule has 2 atom stereocenters. The number of aliphatic hydroxyl groups excluding tert-OH is 1. The molecule has 1 N–H and O–H groups in total. The fourth-order valence-electron chi connectivity index (χ4n) is 2.19. The molecule has 1 saturated heterocycles. The number of carbonyl (C=O) groups excluding carboxylic acids is 1. The zero-order valence-corrected chi connectivity index (χ0v) is 7.08. The molecule has 1 unspecified atom stereocenters. The van der Waals surface area contributed by atoms with Gasteiger partial charge in [-0.05, 0) is 25.7 Å². The molecule has 2 rings (SSSR count). The van der Waals surface area contributed by atoms with E-state index in [1.807, 2.05) is 0 Å². The van der Waals surface area contributed by atoms with Crippen molar-refractivity contribution in [1.29, 1.82) is 0 Å². The number of rotatable bonds is 0. The summed E-state index contributed by atoms with van der Waals surface area (Å²) in [6.07, 6.45) is 4.11. The first kappa shape index (κ1) is 8.20. The molecular weight excluding hydrogens is 156 g/mol. The van der Waals surface area contributed by atoms with E-state index in [1.54, 1.807) is 0 Å². The first-order valence-corrected chi connectivity index (χ1v) is 4.62. The van der Waals surface area contributed by atoms with Crippen molar-refractivity contribution in [1.82, 2.24) is 0 Å². The highest BCUT2D eigenvalue weighted by atomic mass is 16.6. The van der Waals surface area contributed by atoms with Crippen LogP contribution in [0.4, 0.5) is 0 Å². The first-order chi connectivity index (χ1) is 5.73. The van der Waals surface area contributed by atoms with Gasteiger partial charge in [-0.2, -0.15) is 0 Å². The summed E-state index contributed by atoms with van der Waals surface area (Å²) < 4.78 is 5.31. The minimum Gasteiger partial charge on any atom is -0.368 e. The Balaban J connectivity index is 2.13. The number of ether oxygens (including phenoxy) is 1. The molecule has 0 aromatic carbocycles. The van der Waals surface area contributed by atoms with Gasteiger partial charge in [-0.1, -0.05) is 0 Å². The van der Waals surface area contributed by atoms with Gasteiger partial charge in [-0.25, -0.2) is 0 Å². The largest absolute Gasteiger partial charge is 0.368 e. The number of hydrogen-bond donors (Lipinski definition) is 1. The van der Waals surface area contributed by atoms with E-state index in [4.69, 9.17) is 4.74 Å². The lowest BCUT2D eigenvalue weighted by atomic mass is 9.82. The molecule has 2 fully saturated rings. The zero-order chi connectivity index (χ0) is 8.60. The van der Waals surface area contributed by atoms with E-state index in [9.17, 15) is 9.90 Å². The summed E-state index contributed by atoms with van der Waals surface area (Å²) in [5.74, 6) is 0.199. The molecule has 1 aliphatic heterocycles. The predicted octanol–water partition coefficient (Wildman–Crippen LogP) is 0.997. The van der Waals surface area contributed by atoms with E-state index in [0.717, 1.165) is 19.3 Å². The summed E-state index contributed by atoms with van der Waals surface area (Å²) in [5.41, 5.74) is -0.586. The summed E-state index contributed by atoms with van der Waals surface area (Å²) in [5, 5.41) is 9.19. The van der Waals surface area contributed by atoms with Crippen molar-refractivity contribution in [3.05, 3.63) is 0 Å². The molecule has 0 amide bonds. The van der Waals surface area contributed by atoms with Crippen LogP contribution in [0.2, 0.25) is 0 Å². The molecule has 1 heterocycles. The lowest BCUT2D eigenvalue weighted by Crippen LogP contribution is -2.41. The normalized spacial score (nSPS) is 42.4. The van der Waals surface area contributed by atoms with Crippen molar-refractivity contribution in [2.45, 2.75) is 50.4 Å². The van der Waals surface area contributed by atoms with Gasteiger partial charge in [-0.15, -0.1) is 0 Å². The average Bonchev–Trinajstić information content (AvgIpc) is 2.41. The molecule has 0 aromatic heterocycles. The molecule has 1 aliphatic carbocycles. The summed E-state index contributed by atoms with van der Waals surface area (Å²) in [7, 11) is 0. The highest BCUT2D eigenvalue weighted by Gasteiger charge is 2.46. The molecule has 3 heteroatoms. The van der Waals surface area contributed by atoms with E-state index < -0.39 is 11.9 Å². The quantitative estimate of drug-likeness (QED) is 0.590. The van der Waals surface area contributed by atoms with Gasteiger partial charge in [-0.3, -0.25) is 4.79 Å². The van der Waals surface area contributed by atoms with Gasteiger partial charge in [0.15, 0.2) is 12.1 Å². The Morgan fingerprint density at radius 1 is 1.42 bits per heavy atom. The first-order valence-electron chi connectivity index (χ1n) is 4.62. The number of ketones is 1. The molecule has 0 bridgehead atoms. The Hall–Kier alpha value is -0.410. The van der Waals surface area contributed by atoms with Crippen LogP contribution in [0.3, 0.4) is 0 Å². The maximum Gasteiger partial charge on any atom is 0.164 e. The maximum atomic E-state index is 11.5. The third-order valence-corrected chi connectivity index (χ3v) is 2.90. The van der Waals surface area contributed by atoms with E-state index in [-0.39, 0.29) is 5.78 Å². The molecule has 1 saturated carbocycles. The molecule has 0 aromatic rings. The summed E-state index contributed by atoms with van der Waals surface area (Å²) in [6, 6.07) is 0. The Labute approximate surface area is 71.7 Å². The summed E-state index contributed by atoms with van der Waals surface area (Å²) in [6.45, 7) is 0. The number of Topliss-reactive ketones (excluding diaryl/α,β-unsaturated/α-hetero) is 1. The van der Waals surface area contributed by atoms with Crippen molar-refractivity contribution in [2.24, 2.45) is 0 Å². The summed E-state index contributed by atoms with van der Waals surface area (Å²) >= 11 is 0. The Morgan fingerprint density at radius 3 is 2.83 bits per heavy atom. The molecule has 1 spiro atoms. The molecule has 0 radical (unpaired) electrons. The van der Waals surface area contributed by atoms with Crippen molar-refractivity contribution in [2.75, 3.05) is 0 Å². The second-order valence-electron chi connectivity index (χ2n) is 3.74. The highest BCUT2D eigenvalue weighted by molar-refractivity contribution is 5.88. The SMILES string of the molecule is O=C1CCCC[C@]12CCC(O)O2. The van der Waals surface area contributed by atoms with Crippen LogP contribution in [0.5, 0.6) is 0 Å². The third-order valence-electron chi connectivity index (χ3n) is 2.90. The van der Waals surface area contributed by atoms with Crippen molar-refractivity contribution in [3.8, 4) is 0 Å². The lowest BCUT2D eigenvalue weighted by molar-refractivity contribution is -0.168. The van der Waals surface area contributed by atoms with Crippen LogP contribution in [0.1, 0.15) is 38.5 Å². The molecule has 3 nitrogen and oxygen atoms in total. The predicted molar refractivity (Wildman–Crippen MR) is 42.5 cm³/mol. The number of hydrogen-bond acceptors (Lipinski definition) is 3. The minimum absolute atomic E-state index is 0.199. The number of carbonyl (C=O) groups is 1. The number of aliphatic hydroxyl groups is 1. The smallest absolute Gasteiger partial charge is 0.164 e. The van der Waals surface area contributed by atoms with Crippen molar-refractivity contribution < 1.29 is 14.6 Å². The van der Waals surface area contributed by atoms with Crippen LogP contribution in [0.25, 0.3) is 0 Å². The van der Waals surface area contributed by atoms with Crippen LogP contribution in [-0.4, -0.2) is 22.8 Å². The van der Waals surface area contributed by atoms with Crippen LogP contribution < -0.4 is 0 Å². The summed E-state index contributed by atoms with van der Waals surface area (Å²) in [4.78, 5) is 11.5. The zero-order valence-electron chi connectivity index (χ0n) is 7.08. The minimum atomic E-state index is -0.702. The van der Waals surface area contributed by atoms with Gasteiger partial charge in [0, 0.05) is 12.8 Å². The third kappa shape index (κ3) is 1.17. The van der Waals surface area contributed by atoms with Crippen LogP contribution >= 0.6 is 0 Å². The van der Waals surface area contributed by atoms with Crippen LogP contribution in [-0.2, 0) is 9.53 Å². The van der Waals surface area contributed by atoms with E-state index in [2.05, 4.69) is 0 Å². The molecule has 12 heavy (non-hydrogen) atoms. The van der Waals surface area contributed by atoms with Gasteiger partial charge in [0.25, 0.3) is 0 Å². The standard InChI is InChI=1S/C9H14O3/c10-7-3-1-2-5-9(7)6-4-8(11)12-9/h8,11H,1-6H2/t8?,9-/m0/s1. The molecule has 68 valence electrons. The van der Waals surface area contributed by atoms with E-state index in [0.29, 0.717) is 19.3 Å². The maximum absolute atomic E-state index is 11.5. The molecule has 2 aliphatic rings. The van der Waals surface area contributed by atoms with Gasteiger partial charge >= 0.3 is 0 Å². The van der Waals surface area contributed by atoms with E-state index >= 15 is 0 Å². The Morgan fingerprint density at radius 2 is 2.25 bits per heavy atom. The highest BCUT2D eigenvalue weighted by Crippen LogP contribution is 2.38. The van der Waals surface area contributed by atoms with Gasteiger partial charge < -0.3 is 9.84 Å². The fourth-order valence-corrected chi connectivity index (χ4v) is 2.19. The monoisotopic (exact) mass is 170 g/mol. The van der Waals surface area contributed by atoms with E-state index in [1.165, 1.54) is 0 Å². The topological polar surface area (TPSA) is 46.5 Å². The Bertz CT molecular complexity index is 198. The van der Waals surface area contributed by atoms with Crippen molar-refractivity contribution >= 4 is 5.78 Å². The second-order valence-corrected chi connectivity index (χ2v) is 3.74. The molecular formula is C9H14O3. The van der Waals surface area contributed by atoms with Gasteiger partial charge in [0.1, 0.15) is 5.60 Å². The van der Waals surface area contributed by atoms with Gasteiger partial charge in [0.05, 0.1) is 0 Å². The Kier molecular flexibility index (Phi) is 1.93. The second kappa shape index (κ2) is 2.82.